The summed E-state index contributed by atoms with van der Waals surface area (Å²) >= 11 is 0. The molecule has 0 atom stereocenters. The molecule has 2 fully saturated rings. The number of ether oxygens (including phenoxy) is 1. The number of rotatable bonds is 6. The molecule has 2 aromatic carbocycles. The highest BCUT2D eigenvalue weighted by Gasteiger charge is 2.28. The first-order valence-electron chi connectivity index (χ1n) is 14.6. The third-order valence-corrected chi connectivity index (χ3v) is 8.72. The van der Waals surface area contributed by atoms with Gasteiger partial charge in [-0.3, -0.25) is 19.2 Å². The minimum atomic E-state index is -0.0853. The third-order valence-electron chi connectivity index (χ3n) is 8.72. The lowest BCUT2D eigenvalue weighted by molar-refractivity contribution is 0.0930. The molecule has 8 nitrogen and oxygen atoms in total. The molecule has 1 saturated carbocycles. The minimum absolute atomic E-state index is 0. The molecule has 222 valence electrons. The number of anilines is 1. The van der Waals surface area contributed by atoms with Crippen molar-refractivity contribution in [2.75, 3.05) is 37.6 Å². The van der Waals surface area contributed by atoms with Gasteiger partial charge in [0.15, 0.2) is 5.69 Å². The molecule has 0 radical (unpaired) electrons. The number of benzene rings is 2. The number of fused-ring (bicyclic) bond motifs is 4. The van der Waals surface area contributed by atoms with Crippen LogP contribution in [0.25, 0.3) is 16.6 Å². The van der Waals surface area contributed by atoms with E-state index in [2.05, 4.69) is 68.6 Å². The van der Waals surface area contributed by atoms with E-state index in [-0.39, 0.29) is 36.8 Å². The molecule has 7 rings (SSSR count). The van der Waals surface area contributed by atoms with Crippen LogP contribution in [0.1, 0.15) is 53.1 Å². The summed E-state index contributed by atoms with van der Waals surface area (Å²) in [6, 6.07) is 17.3. The molecular formula is C32H38Cl2N6O2. The Bertz CT molecular complexity index is 1560. The maximum atomic E-state index is 12.9. The first-order chi connectivity index (χ1) is 19.6. The fourth-order valence-corrected chi connectivity index (χ4v) is 6.51. The third kappa shape index (κ3) is 5.80. The van der Waals surface area contributed by atoms with E-state index in [4.69, 9.17) is 9.72 Å². The summed E-state index contributed by atoms with van der Waals surface area (Å²) in [5, 5.41) is 4.39. The van der Waals surface area contributed by atoms with Crippen molar-refractivity contribution in [2.24, 2.45) is 0 Å². The van der Waals surface area contributed by atoms with Gasteiger partial charge in [-0.05, 0) is 62.1 Å². The second-order valence-electron chi connectivity index (χ2n) is 11.3. The predicted octanol–water partition coefficient (Wildman–Crippen LogP) is 5.50. The number of nitrogens with zero attached hydrogens (tertiary/aromatic N) is 5. The topological polar surface area (TPSA) is 75.5 Å². The average Bonchev–Trinajstić information content (AvgIpc) is 3.66. The van der Waals surface area contributed by atoms with Crippen molar-refractivity contribution in [1.29, 1.82) is 0 Å². The van der Waals surface area contributed by atoms with E-state index in [0.29, 0.717) is 12.3 Å². The van der Waals surface area contributed by atoms with Crippen LogP contribution in [0.15, 0.2) is 54.9 Å². The van der Waals surface area contributed by atoms with Gasteiger partial charge in [0, 0.05) is 55.5 Å². The lowest BCUT2D eigenvalue weighted by atomic mass is 10.1. The number of aromatic nitrogens is 3. The van der Waals surface area contributed by atoms with Crippen LogP contribution in [0.3, 0.4) is 0 Å². The van der Waals surface area contributed by atoms with Crippen LogP contribution >= 0.6 is 24.8 Å². The van der Waals surface area contributed by atoms with Crippen LogP contribution in [0.4, 0.5) is 5.69 Å². The molecule has 4 aromatic rings. The average molecular weight is 610 g/mol. The van der Waals surface area contributed by atoms with E-state index >= 15 is 0 Å². The second-order valence-corrected chi connectivity index (χ2v) is 11.3. The van der Waals surface area contributed by atoms with E-state index in [1.54, 1.807) is 6.33 Å². The van der Waals surface area contributed by atoms with E-state index < -0.39 is 0 Å². The number of imidazole rings is 1. The molecule has 0 unspecified atom stereocenters. The fourth-order valence-electron chi connectivity index (χ4n) is 6.51. The van der Waals surface area contributed by atoms with Crippen LogP contribution < -0.4 is 15.0 Å². The van der Waals surface area contributed by atoms with Gasteiger partial charge in [-0.15, -0.1) is 24.8 Å². The van der Waals surface area contributed by atoms with E-state index in [1.807, 2.05) is 11.5 Å². The van der Waals surface area contributed by atoms with Gasteiger partial charge < -0.3 is 15.0 Å². The molecule has 4 heterocycles. The molecule has 1 saturated heterocycles. The molecule has 10 heteroatoms. The zero-order chi connectivity index (χ0) is 27.1. The van der Waals surface area contributed by atoms with E-state index in [9.17, 15) is 4.79 Å². The Morgan fingerprint density at radius 3 is 2.55 bits per heavy atom. The Morgan fingerprint density at radius 2 is 1.74 bits per heavy atom. The van der Waals surface area contributed by atoms with Gasteiger partial charge in [-0.1, -0.05) is 31.0 Å². The van der Waals surface area contributed by atoms with Gasteiger partial charge in [0.1, 0.15) is 18.7 Å². The summed E-state index contributed by atoms with van der Waals surface area (Å²) in [4.78, 5) is 27.2. The Hall–Kier alpha value is -3.33. The molecule has 2 aliphatic heterocycles. The quantitative estimate of drug-likeness (QED) is 0.311. The van der Waals surface area contributed by atoms with E-state index in [0.717, 1.165) is 80.3 Å². The highest BCUT2D eigenvalue weighted by Crippen LogP contribution is 2.35. The van der Waals surface area contributed by atoms with Crippen molar-refractivity contribution in [3.05, 3.63) is 77.5 Å². The number of pyridine rings is 1. The standard InChI is InChI=1S/C32H36N6O2.2ClH/c1-22-12-13-25-26(34-22)9-5-10-27(25)37-18-16-36(17-19-37)15-14-23-6-4-11-28-31(23)40-20-29-30(33-21-38(28)29)32(39)35-24-7-2-3-8-24;;/h4-6,9-13,21,24H,2-3,7-8,14-20H2,1H3,(H,35,39);2*1H. The maximum absolute atomic E-state index is 12.9. The zero-order valence-corrected chi connectivity index (χ0v) is 25.6. The Labute approximate surface area is 259 Å². The smallest absolute Gasteiger partial charge is 0.272 e. The van der Waals surface area contributed by atoms with Crippen molar-refractivity contribution in [2.45, 2.75) is 51.7 Å². The predicted molar refractivity (Wildman–Crippen MR) is 171 cm³/mol. The van der Waals surface area contributed by atoms with Crippen molar-refractivity contribution in [3.8, 4) is 11.4 Å². The monoisotopic (exact) mass is 608 g/mol. The summed E-state index contributed by atoms with van der Waals surface area (Å²) in [6.45, 7) is 7.43. The lowest BCUT2D eigenvalue weighted by Crippen LogP contribution is -2.47. The van der Waals surface area contributed by atoms with Gasteiger partial charge in [0.2, 0.25) is 0 Å². The SMILES string of the molecule is Cc1ccc2c(N3CCN(CCc4cccc5c4OCc4c(C(=O)NC6CCCC6)ncn4-5)CC3)cccc2n1.Cl.Cl. The van der Waals surface area contributed by atoms with Crippen LogP contribution in [-0.4, -0.2) is 64.1 Å². The highest BCUT2D eigenvalue weighted by atomic mass is 35.5. The lowest BCUT2D eigenvalue weighted by Gasteiger charge is -2.36. The van der Waals surface area contributed by atoms with Crippen molar-refractivity contribution in [1.82, 2.24) is 24.8 Å². The number of carbonyl (C=O) groups excluding carboxylic acids is 1. The van der Waals surface area contributed by atoms with Gasteiger partial charge >= 0.3 is 0 Å². The number of piperazine rings is 1. The van der Waals surface area contributed by atoms with Crippen molar-refractivity contribution >= 4 is 47.3 Å². The molecule has 0 bridgehead atoms. The highest BCUT2D eigenvalue weighted by molar-refractivity contribution is 5.94. The van der Waals surface area contributed by atoms with Gasteiger partial charge in [-0.2, -0.15) is 0 Å². The van der Waals surface area contributed by atoms with Crippen molar-refractivity contribution < 1.29 is 9.53 Å². The number of hydrogen-bond acceptors (Lipinski definition) is 6. The van der Waals surface area contributed by atoms with Gasteiger partial charge in [0.05, 0.1) is 16.9 Å². The molecule has 0 spiro atoms. The Balaban J connectivity index is 0.00000176. The summed E-state index contributed by atoms with van der Waals surface area (Å²) in [5.74, 6) is 0.824. The normalized spacial score (nSPS) is 16.6. The van der Waals surface area contributed by atoms with Crippen LogP contribution in [0, 0.1) is 6.92 Å². The molecule has 3 aliphatic rings. The number of nitrogens with one attached hydrogen (secondary N) is 1. The first kappa shape index (κ1) is 30.1. The Kier molecular flexibility index (Phi) is 9.25. The number of para-hydroxylation sites is 1. The number of carbonyl (C=O) groups is 1. The summed E-state index contributed by atoms with van der Waals surface area (Å²) in [6.07, 6.45) is 7.17. The number of aryl methyl sites for hydroxylation is 1. The zero-order valence-electron chi connectivity index (χ0n) is 23.9. The molecule has 2 aromatic heterocycles. The van der Waals surface area contributed by atoms with Crippen molar-refractivity contribution in [3.63, 3.8) is 0 Å². The fraction of sp³-hybridized carbons (Fsp3) is 0.406. The molecule has 1 aliphatic carbocycles. The summed E-state index contributed by atoms with van der Waals surface area (Å²) in [5.41, 5.74) is 6.88. The van der Waals surface area contributed by atoms with Crippen LogP contribution in [0.2, 0.25) is 0 Å². The molecule has 1 N–H and O–H groups in total. The summed E-state index contributed by atoms with van der Waals surface area (Å²) < 4.78 is 8.32. The molecule has 42 heavy (non-hydrogen) atoms. The minimum Gasteiger partial charge on any atom is -0.485 e. The largest absolute Gasteiger partial charge is 0.485 e. The number of halogens is 2. The van der Waals surface area contributed by atoms with Crippen LogP contribution in [0.5, 0.6) is 5.75 Å². The second kappa shape index (κ2) is 12.9. The number of amides is 1. The first-order valence-corrected chi connectivity index (χ1v) is 14.6. The Morgan fingerprint density at radius 1 is 0.976 bits per heavy atom. The number of hydrogen-bond donors (Lipinski definition) is 1. The maximum Gasteiger partial charge on any atom is 0.272 e. The van der Waals surface area contributed by atoms with E-state index in [1.165, 1.54) is 29.5 Å². The summed E-state index contributed by atoms with van der Waals surface area (Å²) in [7, 11) is 0. The molecular weight excluding hydrogens is 571 g/mol. The van der Waals surface area contributed by atoms with Crippen LogP contribution in [-0.2, 0) is 13.0 Å². The molecule has 1 amide bonds. The van der Waals surface area contributed by atoms with Gasteiger partial charge in [0.25, 0.3) is 5.91 Å². The van der Waals surface area contributed by atoms with Gasteiger partial charge in [-0.25, -0.2) is 4.98 Å².